The number of aliphatic hydroxyl groups excluding tert-OH is 1. The Morgan fingerprint density at radius 1 is 0.746 bits per heavy atom. The van der Waals surface area contributed by atoms with Crippen LogP contribution in [0.3, 0.4) is 0 Å². The number of carboxylic acids is 1. The number of hydrogen-bond acceptors (Lipinski definition) is 11. The first-order valence-corrected chi connectivity index (χ1v) is 25.2. The van der Waals surface area contributed by atoms with Crippen molar-refractivity contribution in [1.82, 2.24) is 31.5 Å². The number of rotatable bonds is 31. The maximum Gasteiger partial charge on any atom is 0.407 e. The van der Waals surface area contributed by atoms with Gasteiger partial charge in [0.2, 0.25) is 29.5 Å². The number of hydrogen-bond donors (Lipinski definition) is 7. The van der Waals surface area contributed by atoms with Gasteiger partial charge in [0.15, 0.2) is 0 Å². The molecule has 3 rings (SSSR count). The maximum atomic E-state index is 14.7. The third-order valence-corrected chi connectivity index (χ3v) is 13.2. The number of ether oxygens (including phenoxy) is 3. The highest BCUT2D eigenvalue weighted by Crippen LogP contribution is 2.28. The number of unbranched alkanes of at least 4 members (excludes halogenated alkanes) is 3. The third kappa shape index (κ3) is 21.7. The number of amides is 6. The minimum Gasteiger partial charge on any atom is -0.480 e. The van der Waals surface area contributed by atoms with Gasteiger partial charge in [0.1, 0.15) is 37.3 Å². The second kappa shape index (κ2) is 31.0. The lowest BCUT2D eigenvalue weighted by molar-refractivity contribution is -0.146. The largest absolute Gasteiger partial charge is 0.480 e. The maximum absolute atomic E-state index is 14.7. The SMILES string of the molecule is COC(C)(C)CCCCCCC(O)C(C)C(=O)N(C)C(CC(C)C)C(=O)NC(C(=O)NC(CNC(=O)OCc1ccccc1)C(=O)NC(C(=O)NCC(=O)O)C(C)OCc1ccccc1)C1CCCCC1. The van der Waals surface area contributed by atoms with Crippen LogP contribution in [0.4, 0.5) is 4.79 Å². The van der Waals surface area contributed by atoms with Crippen molar-refractivity contribution in [2.45, 2.75) is 174 Å². The van der Waals surface area contributed by atoms with E-state index in [2.05, 4.69) is 26.6 Å². The van der Waals surface area contributed by atoms with E-state index in [0.717, 1.165) is 56.9 Å². The smallest absolute Gasteiger partial charge is 0.407 e. The van der Waals surface area contributed by atoms with Gasteiger partial charge in [-0.25, -0.2) is 4.79 Å². The van der Waals surface area contributed by atoms with Crippen LogP contribution in [0.25, 0.3) is 0 Å². The summed E-state index contributed by atoms with van der Waals surface area (Å²) in [6.07, 6.45) is 5.94. The van der Waals surface area contributed by atoms with Crippen molar-refractivity contribution >= 4 is 41.6 Å². The van der Waals surface area contributed by atoms with E-state index in [0.29, 0.717) is 24.8 Å². The number of methoxy groups -OCH3 is 1. The van der Waals surface area contributed by atoms with Gasteiger partial charge in [-0.05, 0) is 75.8 Å². The molecule has 7 unspecified atom stereocenters. The van der Waals surface area contributed by atoms with Gasteiger partial charge >= 0.3 is 12.1 Å². The highest BCUT2D eigenvalue weighted by Gasteiger charge is 2.39. The van der Waals surface area contributed by atoms with Crippen LogP contribution < -0.4 is 26.6 Å². The van der Waals surface area contributed by atoms with Crippen LogP contribution in [0.1, 0.15) is 130 Å². The molecule has 396 valence electrons. The molecule has 2 aromatic rings. The first kappa shape index (κ1) is 59.7. The first-order valence-electron chi connectivity index (χ1n) is 25.2. The first-order chi connectivity index (χ1) is 33.7. The zero-order valence-corrected chi connectivity index (χ0v) is 43.2. The Hall–Kier alpha value is -5.59. The molecule has 1 saturated carbocycles. The monoisotopic (exact) mass is 995 g/mol. The van der Waals surface area contributed by atoms with Crippen LogP contribution in [0, 0.1) is 17.8 Å². The molecule has 0 aromatic heterocycles. The summed E-state index contributed by atoms with van der Waals surface area (Å²) in [5.41, 5.74) is 1.28. The van der Waals surface area contributed by atoms with Crippen molar-refractivity contribution < 1.29 is 58.0 Å². The van der Waals surface area contributed by atoms with E-state index in [1.165, 1.54) is 18.9 Å². The molecule has 0 radical (unpaired) electrons. The Morgan fingerprint density at radius 2 is 1.35 bits per heavy atom. The van der Waals surface area contributed by atoms with E-state index in [9.17, 15) is 43.8 Å². The average molecular weight is 995 g/mol. The minimum atomic E-state index is -1.55. The third-order valence-electron chi connectivity index (χ3n) is 13.2. The molecule has 18 nitrogen and oxygen atoms in total. The van der Waals surface area contributed by atoms with Gasteiger partial charge in [-0.3, -0.25) is 28.8 Å². The van der Waals surface area contributed by atoms with Crippen molar-refractivity contribution in [1.29, 1.82) is 0 Å². The summed E-state index contributed by atoms with van der Waals surface area (Å²) in [4.78, 5) is 96.9. The number of nitrogens with one attached hydrogen (secondary N) is 5. The van der Waals surface area contributed by atoms with Crippen molar-refractivity contribution in [2.24, 2.45) is 17.8 Å². The van der Waals surface area contributed by atoms with Crippen LogP contribution in [0.15, 0.2) is 60.7 Å². The Bertz CT molecular complexity index is 1960. The lowest BCUT2D eigenvalue weighted by Crippen LogP contribution is -2.63. The average Bonchev–Trinajstić information content (AvgIpc) is 3.36. The molecule has 18 heteroatoms. The molecule has 0 spiro atoms. The summed E-state index contributed by atoms with van der Waals surface area (Å²) in [5, 5.41) is 33.6. The second-order valence-electron chi connectivity index (χ2n) is 19.9. The molecule has 6 amide bonds. The fourth-order valence-electron chi connectivity index (χ4n) is 8.50. The predicted octanol–water partition coefficient (Wildman–Crippen LogP) is 5.39. The molecule has 1 fully saturated rings. The van der Waals surface area contributed by atoms with Crippen molar-refractivity contribution in [3.8, 4) is 0 Å². The molecule has 7 N–H and O–H groups in total. The fourth-order valence-corrected chi connectivity index (χ4v) is 8.50. The molecule has 0 saturated heterocycles. The molecule has 71 heavy (non-hydrogen) atoms. The number of carbonyl (C=O) groups is 7. The standard InChI is InChI=1S/C53H82N6O12/c1-35(2)30-42(59(7)51(67)36(3)43(60)28-20-9-10-21-29-53(5,6)69-8)48(64)58-46(40-26-18-13-19-27-40)50(66)56-41(31-55-52(68)71-34-39-24-16-12-17-25-39)47(63)57-45(49(65)54-32-44(61)62)37(4)70-33-38-22-14-11-15-23-38/h11-12,14-17,22-25,35-37,40-43,45-46,60H,9-10,13,18-21,26-34H2,1-8H3,(H,54,65)(H,55,68)(H,56,66)(H,57,63)(H,58,64)(H,61,62). The number of carbonyl (C=O) groups excluding carboxylic acids is 6. The normalized spacial score (nSPS) is 16.0. The molecule has 0 heterocycles. The van der Waals surface area contributed by atoms with Gasteiger partial charge < -0.3 is 55.9 Å². The Balaban J connectivity index is 1.87. The Morgan fingerprint density at radius 3 is 1.94 bits per heavy atom. The van der Waals surface area contributed by atoms with Crippen molar-refractivity contribution in [3.63, 3.8) is 0 Å². The molecule has 2 aromatic carbocycles. The summed E-state index contributed by atoms with van der Waals surface area (Å²) < 4.78 is 16.9. The second-order valence-corrected chi connectivity index (χ2v) is 19.9. The summed E-state index contributed by atoms with van der Waals surface area (Å²) in [6.45, 7) is 9.80. The summed E-state index contributed by atoms with van der Waals surface area (Å²) in [5.74, 6) is -6.06. The highest BCUT2D eigenvalue weighted by atomic mass is 16.5. The van der Waals surface area contributed by atoms with Crippen LogP contribution in [-0.2, 0) is 56.2 Å². The van der Waals surface area contributed by atoms with Crippen LogP contribution in [-0.4, -0.2) is 126 Å². The predicted molar refractivity (Wildman–Crippen MR) is 268 cm³/mol. The lowest BCUT2D eigenvalue weighted by atomic mass is 9.83. The fraction of sp³-hybridized carbons (Fsp3) is 0.642. The van der Waals surface area contributed by atoms with E-state index in [4.69, 9.17) is 14.2 Å². The van der Waals surface area contributed by atoms with Gasteiger partial charge in [0.25, 0.3) is 0 Å². The minimum absolute atomic E-state index is 0.0469. The van der Waals surface area contributed by atoms with Crippen molar-refractivity contribution in [2.75, 3.05) is 27.2 Å². The van der Waals surface area contributed by atoms with E-state index in [1.807, 2.05) is 64.1 Å². The van der Waals surface area contributed by atoms with E-state index in [-0.39, 0.29) is 37.1 Å². The summed E-state index contributed by atoms with van der Waals surface area (Å²) in [6, 6.07) is 12.7. The molecule has 0 aliphatic heterocycles. The van der Waals surface area contributed by atoms with Crippen molar-refractivity contribution in [3.05, 3.63) is 71.8 Å². The number of nitrogens with zero attached hydrogens (tertiary/aromatic N) is 1. The molecule has 0 bridgehead atoms. The molecule has 7 atom stereocenters. The van der Waals surface area contributed by atoms with Crippen LogP contribution in [0.5, 0.6) is 0 Å². The Kier molecular flexibility index (Phi) is 26.1. The van der Waals surface area contributed by atoms with Crippen LogP contribution in [0.2, 0.25) is 0 Å². The number of likely N-dealkylation sites (N-methyl/N-ethyl adjacent to an activating group) is 1. The lowest BCUT2D eigenvalue weighted by Gasteiger charge is -2.35. The van der Waals surface area contributed by atoms with E-state index >= 15 is 0 Å². The zero-order chi connectivity index (χ0) is 52.5. The number of carboxylic acid groups (broad SMARTS) is 1. The molecular formula is C53H82N6O12. The number of aliphatic hydroxyl groups is 1. The van der Waals surface area contributed by atoms with E-state index in [1.54, 1.807) is 38.3 Å². The van der Waals surface area contributed by atoms with Gasteiger partial charge in [0, 0.05) is 14.2 Å². The number of aliphatic carboxylic acids is 1. The molecular weight excluding hydrogens is 913 g/mol. The number of benzene rings is 2. The molecule has 1 aliphatic rings. The quantitative estimate of drug-likeness (QED) is 0.0470. The van der Waals surface area contributed by atoms with Gasteiger partial charge in [-0.2, -0.15) is 0 Å². The van der Waals surface area contributed by atoms with E-state index < -0.39 is 97.0 Å². The molecule has 1 aliphatic carbocycles. The zero-order valence-electron chi connectivity index (χ0n) is 43.2. The number of alkyl carbamates (subject to hydrolysis) is 1. The van der Waals surface area contributed by atoms with Gasteiger partial charge in [-0.15, -0.1) is 0 Å². The highest BCUT2D eigenvalue weighted by molar-refractivity contribution is 5.96. The topological polar surface area (TPSA) is 251 Å². The summed E-state index contributed by atoms with van der Waals surface area (Å²) >= 11 is 0. The summed E-state index contributed by atoms with van der Waals surface area (Å²) in [7, 11) is 3.23. The van der Waals surface area contributed by atoms with Gasteiger partial charge in [-0.1, -0.05) is 126 Å². The van der Waals surface area contributed by atoms with Gasteiger partial charge in [0.05, 0.1) is 36.9 Å². The van der Waals surface area contributed by atoms with Crippen LogP contribution >= 0.6 is 0 Å². The Labute approximate surface area is 420 Å².